The Morgan fingerprint density at radius 1 is 1.36 bits per heavy atom. The summed E-state index contributed by atoms with van der Waals surface area (Å²) in [5.41, 5.74) is 1.66. The van der Waals surface area contributed by atoms with Gasteiger partial charge in [-0.1, -0.05) is 12.1 Å². The lowest BCUT2D eigenvalue weighted by atomic mass is 10.2. The van der Waals surface area contributed by atoms with Crippen LogP contribution in [0, 0.1) is 0 Å². The van der Waals surface area contributed by atoms with Crippen LogP contribution in [-0.2, 0) is 6.54 Å². The van der Waals surface area contributed by atoms with Crippen molar-refractivity contribution in [2.24, 2.45) is 0 Å². The number of nitrogens with zero attached hydrogens (tertiary/aromatic N) is 2. The Balaban J connectivity index is 1.94. The van der Waals surface area contributed by atoms with Crippen molar-refractivity contribution in [1.82, 2.24) is 20.4 Å². The second-order valence-corrected chi connectivity index (χ2v) is 5.17. The minimum absolute atomic E-state index is 0.108. The van der Waals surface area contributed by atoms with Crippen LogP contribution in [0.3, 0.4) is 0 Å². The van der Waals surface area contributed by atoms with E-state index in [1.54, 1.807) is 24.2 Å². The van der Waals surface area contributed by atoms with Gasteiger partial charge >= 0.3 is 0 Å². The van der Waals surface area contributed by atoms with Crippen LogP contribution >= 0.6 is 0 Å². The lowest BCUT2D eigenvalue weighted by molar-refractivity contribution is 0.0950. The van der Waals surface area contributed by atoms with Crippen LogP contribution in [0.4, 0.5) is 0 Å². The molecule has 118 valence electrons. The number of hydrogen-bond donors (Lipinski definition) is 2. The van der Waals surface area contributed by atoms with Gasteiger partial charge in [0.25, 0.3) is 5.91 Å². The molecule has 1 amide bonds. The third-order valence-corrected chi connectivity index (χ3v) is 3.46. The van der Waals surface area contributed by atoms with Gasteiger partial charge in [-0.3, -0.25) is 9.48 Å². The summed E-state index contributed by atoms with van der Waals surface area (Å²) in [4.78, 5) is 12.0. The van der Waals surface area contributed by atoms with Gasteiger partial charge in [0, 0.05) is 18.8 Å². The second kappa shape index (κ2) is 7.61. The van der Waals surface area contributed by atoms with E-state index >= 15 is 0 Å². The molecule has 22 heavy (non-hydrogen) atoms. The average molecular weight is 302 g/mol. The summed E-state index contributed by atoms with van der Waals surface area (Å²) in [5, 5.41) is 10.2. The molecule has 0 saturated heterocycles. The first-order chi connectivity index (χ1) is 10.6. The van der Waals surface area contributed by atoms with E-state index in [0.29, 0.717) is 18.7 Å². The van der Waals surface area contributed by atoms with Crippen LogP contribution in [-0.4, -0.2) is 42.4 Å². The van der Waals surface area contributed by atoms with Crippen molar-refractivity contribution in [3.8, 4) is 5.75 Å². The van der Waals surface area contributed by atoms with Gasteiger partial charge in [-0.05, 0) is 31.7 Å². The van der Waals surface area contributed by atoms with E-state index in [1.807, 2.05) is 38.2 Å². The van der Waals surface area contributed by atoms with E-state index in [2.05, 4.69) is 15.7 Å². The van der Waals surface area contributed by atoms with E-state index in [1.165, 1.54) is 0 Å². The molecule has 1 aromatic heterocycles. The maximum absolute atomic E-state index is 12.0. The zero-order valence-corrected chi connectivity index (χ0v) is 13.2. The van der Waals surface area contributed by atoms with Crippen molar-refractivity contribution in [3.63, 3.8) is 0 Å². The monoisotopic (exact) mass is 302 g/mol. The molecule has 0 fully saturated rings. The Labute approximate surface area is 130 Å². The maximum Gasteiger partial charge on any atom is 0.254 e. The van der Waals surface area contributed by atoms with E-state index in [4.69, 9.17) is 4.74 Å². The average Bonchev–Trinajstić information content (AvgIpc) is 3.01. The molecular formula is C16H22N4O2. The van der Waals surface area contributed by atoms with Gasteiger partial charge in [0.05, 0.1) is 25.4 Å². The topological polar surface area (TPSA) is 68.2 Å². The number of likely N-dealkylation sites (N-methyl/N-ethyl adjacent to an activating group) is 1. The normalized spacial score (nSPS) is 12.0. The Kier molecular flexibility index (Phi) is 5.55. The Morgan fingerprint density at radius 3 is 2.73 bits per heavy atom. The number of rotatable bonds is 7. The summed E-state index contributed by atoms with van der Waals surface area (Å²) in [6.07, 6.45) is 3.34. The zero-order valence-electron chi connectivity index (χ0n) is 13.2. The fourth-order valence-corrected chi connectivity index (χ4v) is 1.94. The van der Waals surface area contributed by atoms with Crippen molar-refractivity contribution in [1.29, 1.82) is 0 Å². The number of methoxy groups -OCH3 is 1. The molecule has 0 aliphatic heterocycles. The molecule has 0 saturated carbocycles. The van der Waals surface area contributed by atoms with Crippen LogP contribution in [0.1, 0.15) is 22.8 Å². The summed E-state index contributed by atoms with van der Waals surface area (Å²) in [6, 6.07) is 8.01. The molecule has 0 bridgehead atoms. The number of ether oxygens (including phenoxy) is 1. The lowest BCUT2D eigenvalue weighted by Crippen LogP contribution is -2.37. The van der Waals surface area contributed by atoms with E-state index in [0.717, 1.165) is 11.3 Å². The molecule has 6 heteroatoms. The zero-order chi connectivity index (χ0) is 15.9. The van der Waals surface area contributed by atoms with Gasteiger partial charge in [0.2, 0.25) is 0 Å². The quantitative estimate of drug-likeness (QED) is 0.808. The van der Waals surface area contributed by atoms with Crippen molar-refractivity contribution >= 4 is 5.91 Å². The van der Waals surface area contributed by atoms with Crippen LogP contribution in [0.5, 0.6) is 5.75 Å². The number of hydrogen-bond acceptors (Lipinski definition) is 4. The molecule has 2 rings (SSSR count). The van der Waals surface area contributed by atoms with Crippen LogP contribution < -0.4 is 15.4 Å². The molecule has 0 spiro atoms. The second-order valence-electron chi connectivity index (χ2n) is 5.17. The molecule has 0 aliphatic carbocycles. The van der Waals surface area contributed by atoms with Gasteiger partial charge < -0.3 is 15.4 Å². The third-order valence-electron chi connectivity index (χ3n) is 3.46. The van der Waals surface area contributed by atoms with Gasteiger partial charge in [-0.15, -0.1) is 0 Å². The van der Waals surface area contributed by atoms with Crippen LogP contribution in [0.15, 0.2) is 36.7 Å². The highest BCUT2D eigenvalue weighted by molar-refractivity contribution is 5.93. The van der Waals surface area contributed by atoms with Crippen LogP contribution in [0.25, 0.3) is 0 Å². The number of amides is 1. The minimum atomic E-state index is -0.108. The smallest absolute Gasteiger partial charge is 0.254 e. The number of aromatic nitrogens is 2. The standard InChI is InChI=1S/C16H22N4O2/c1-12(17-2)8-18-16(21)14-9-19-20(11-14)10-13-4-6-15(22-3)7-5-13/h4-7,9,11-12,17H,8,10H2,1-3H3,(H,18,21). The molecule has 1 unspecified atom stereocenters. The molecular weight excluding hydrogens is 280 g/mol. The summed E-state index contributed by atoms with van der Waals surface area (Å²) in [7, 11) is 3.51. The number of carbonyl (C=O) groups is 1. The van der Waals surface area contributed by atoms with Gasteiger partial charge in [0.1, 0.15) is 5.75 Å². The number of nitrogens with one attached hydrogen (secondary N) is 2. The van der Waals surface area contributed by atoms with Gasteiger partial charge in [-0.25, -0.2) is 0 Å². The third kappa shape index (κ3) is 4.33. The Bertz CT molecular complexity index is 607. The van der Waals surface area contributed by atoms with Gasteiger partial charge in [-0.2, -0.15) is 5.10 Å². The molecule has 6 nitrogen and oxygen atoms in total. The summed E-state index contributed by atoms with van der Waals surface area (Å²) >= 11 is 0. The van der Waals surface area contributed by atoms with Crippen LogP contribution in [0.2, 0.25) is 0 Å². The Hall–Kier alpha value is -2.34. The predicted octanol–water partition coefficient (Wildman–Crippen LogP) is 1.28. The van der Waals surface area contributed by atoms with Crippen molar-refractivity contribution < 1.29 is 9.53 Å². The van der Waals surface area contributed by atoms with Gasteiger partial charge in [0.15, 0.2) is 0 Å². The van der Waals surface area contributed by atoms with Crippen molar-refractivity contribution in [2.75, 3.05) is 20.7 Å². The fraction of sp³-hybridized carbons (Fsp3) is 0.375. The number of benzene rings is 1. The predicted molar refractivity (Wildman–Crippen MR) is 85.2 cm³/mol. The summed E-state index contributed by atoms with van der Waals surface area (Å²) in [6.45, 7) is 3.20. The lowest BCUT2D eigenvalue weighted by Gasteiger charge is -2.10. The highest BCUT2D eigenvalue weighted by Crippen LogP contribution is 2.12. The first-order valence-corrected chi connectivity index (χ1v) is 7.23. The first-order valence-electron chi connectivity index (χ1n) is 7.23. The van der Waals surface area contributed by atoms with Crippen molar-refractivity contribution in [2.45, 2.75) is 19.5 Å². The molecule has 2 N–H and O–H groups in total. The van der Waals surface area contributed by atoms with E-state index < -0.39 is 0 Å². The summed E-state index contributed by atoms with van der Waals surface area (Å²) < 4.78 is 6.88. The Morgan fingerprint density at radius 2 is 2.09 bits per heavy atom. The highest BCUT2D eigenvalue weighted by atomic mass is 16.5. The molecule has 2 aromatic rings. The van der Waals surface area contributed by atoms with Crippen molar-refractivity contribution in [3.05, 3.63) is 47.8 Å². The largest absolute Gasteiger partial charge is 0.497 e. The van der Waals surface area contributed by atoms with E-state index in [9.17, 15) is 4.79 Å². The molecule has 1 aromatic carbocycles. The SMILES string of the molecule is CNC(C)CNC(=O)c1cnn(Cc2ccc(OC)cc2)c1. The molecule has 1 heterocycles. The molecule has 0 radical (unpaired) electrons. The molecule has 0 aliphatic rings. The number of carbonyl (C=O) groups excluding carboxylic acids is 1. The highest BCUT2D eigenvalue weighted by Gasteiger charge is 2.09. The summed E-state index contributed by atoms with van der Waals surface area (Å²) in [5.74, 6) is 0.714. The minimum Gasteiger partial charge on any atom is -0.497 e. The maximum atomic E-state index is 12.0. The van der Waals surface area contributed by atoms with E-state index in [-0.39, 0.29) is 11.9 Å². The molecule has 1 atom stereocenters. The first kappa shape index (κ1) is 16.0. The fourth-order valence-electron chi connectivity index (χ4n) is 1.94.